The Bertz CT molecular complexity index is 818. The smallest absolute Gasteiger partial charge is 0.257 e. The predicted molar refractivity (Wildman–Crippen MR) is 94.9 cm³/mol. The third-order valence-electron chi connectivity index (χ3n) is 3.41. The fourth-order valence-corrected chi connectivity index (χ4v) is 2.20. The number of carbonyl (C=O) groups is 1. The van der Waals surface area contributed by atoms with Crippen LogP contribution in [-0.2, 0) is 0 Å². The van der Waals surface area contributed by atoms with Crippen molar-refractivity contribution >= 4 is 23.0 Å². The van der Waals surface area contributed by atoms with Gasteiger partial charge in [0, 0.05) is 17.6 Å². The molecule has 0 saturated carbocycles. The number of anilines is 3. The molecule has 24 heavy (non-hydrogen) atoms. The van der Waals surface area contributed by atoms with E-state index >= 15 is 0 Å². The van der Waals surface area contributed by atoms with Gasteiger partial charge in [0.05, 0.1) is 24.6 Å². The number of para-hydroxylation sites is 1. The normalized spacial score (nSPS) is 10.0. The van der Waals surface area contributed by atoms with E-state index < -0.39 is 0 Å². The molecule has 0 radical (unpaired) electrons. The zero-order chi connectivity index (χ0) is 16.8. The van der Waals surface area contributed by atoms with Gasteiger partial charge in [-0.05, 0) is 42.5 Å². The molecule has 0 aliphatic carbocycles. The van der Waals surface area contributed by atoms with Crippen molar-refractivity contribution in [2.75, 3.05) is 17.7 Å². The van der Waals surface area contributed by atoms with Crippen LogP contribution in [0.15, 0.2) is 73.1 Å². The zero-order valence-corrected chi connectivity index (χ0v) is 13.2. The molecule has 5 nitrogen and oxygen atoms in total. The number of hydrogen-bond acceptors (Lipinski definition) is 4. The second kappa shape index (κ2) is 7.28. The first-order valence-corrected chi connectivity index (χ1v) is 7.47. The number of aromatic nitrogens is 1. The van der Waals surface area contributed by atoms with Gasteiger partial charge in [0.1, 0.15) is 5.75 Å². The fourth-order valence-electron chi connectivity index (χ4n) is 2.20. The van der Waals surface area contributed by atoms with Gasteiger partial charge in [0.25, 0.3) is 5.91 Å². The summed E-state index contributed by atoms with van der Waals surface area (Å²) in [6.07, 6.45) is 3.21. The van der Waals surface area contributed by atoms with Crippen molar-refractivity contribution in [3.8, 4) is 5.75 Å². The molecule has 1 heterocycles. The fraction of sp³-hybridized carbons (Fsp3) is 0.0526. The van der Waals surface area contributed by atoms with Gasteiger partial charge in [-0.25, -0.2) is 0 Å². The van der Waals surface area contributed by atoms with Crippen LogP contribution in [-0.4, -0.2) is 18.0 Å². The Balaban J connectivity index is 1.71. The van der Waals surface area contributed by atoms with E-state index in [1.807, 2.05) is 30.3 Å². The highest BCUT2D eigenvalue weighted by Gasteiger charge is 2.08. The molecule has 1 aromatic heterocycles. The Morgan fingerprint density at radius 1 is 0.917 bits per heavy atom. The standard InChI is InChI=1S/C19H17N3O2/c1-24-18-9-7-16(8-10-18)22-19(23)14-11-17(13-20-12-14)21-15-5-3-2-4-6-15/h2-13,21H,1H3,(H,22,23). The summed E-state index contributed by atoms with van der Waals surface area (Å²) in [7, 11) is 1.60. The SMILES string of the molecule is COc1ccc(NC(=O)c2cncc(Nc3ccccc3)c2)cc1. The van der Waals surface area contributed by atoms with E-state index in [0.29, 0.717) is 11.3 Å². The lowest BCUT2D eigenvalue weighted by atomic mass is 10.2. The minimum Gasteiger partial charge on any atom is -0.497 e. The first-order chi connectivity index (χ1) is 11.7. The molecule has 120 valence electrons. The molecule has 0 saturated heterocycles. The van der Waals surface area contributed by atoms with Crippen LogP contribution in [0, 0.1) is 0 Å². The van der Waals surface area contributed by atoms with Crippen LogP contribution in [0.3, 0.4) is 0 Å². The van der Waals surface area contributed by atoms with E-state index in [-0.39, 0.29) is 5.91 Å². The summed E-state index contributed by atoms with van der Waals surface area (Å²) in [4.78, 5) is 16.5. The average molecular weight is 319 g/mol. The number of ether oxygens (including phenoxy) is 1. The monoisotopic (exact) mass is 319 g/mol. The minimum absolute atomic E-state index is 0.218. The predicted octanol–water partition coefficient (Wildman–Crippen LogP) is 4.09. The number of hydrogen-bond donors (Lipinski definition) is 2. The zero-order valence-electron chi connectivity index (χ0n) is 13.2. The third kappa shape index (κ3) is 3.89. The number of nitrogens with one attached hydrogen (secondary N) is 2. The van der Waals surface area contributed by atoms with Crippen LogP contribution in [0.1, 0.15) is 10.4 Å². The Kier molecular flexibility index (Phi) is 4.72. The molecule has 0 aliphatic heterocycles. The summed E-state index contributed by atoms with van der Waals surface area (Å²) in [5.74, 6) is 0.521. The molecule has 0 spiro atoms. The molecule has 5 heteroatoms. The average Bonchev–Trinajstić information content (AvgIpc) is 2.63. The van der Waals surface area contributed by atoms with Gasteiger partial charge in [-0.1, -0.05) is 18.2 Å². The number of amides is 1. The molecule has 0 atom stereocenters. The number of rotatable bonds is 5. The quantitative estimate of drug-likeness (QED) is 0.743. The molecular weight excluding hydrogens is 302 g/mol. The molecule has 2 aromatic carbocycles. The highest BCUT2D eigenvalue weighted by Crippen LogP contribution is 2.18. The van der Waals surface area contributed by atoms with Crippen LogP contribution in [0.5, 0.6) is 5.75 Å². The van der Waals surface area contributed by atoms with Crippen LogP contribution < -0.4 is 15.4 Å². The summed E-state index contributed by atoms with van der Waals surface area (Å²) in [5.41, 5.74) is 2.87. The van der Waals surface area contributed by atoms with E-state index in [4.69, 9.17) is 4.74 Å². The second-order valence-corrected chi connectivity index (χ2v) is 5.14. The van der Waals surface area contributed by atoms with Gasteiger partial charge in [-0.15, -0.1) is 0 Å². The number of pyridine rings is 1. The van der Waals surface area contributed by atoms with Crippen molar-refractivity contribution in [2.45, 2.75) is 0 Å². The lowest BCUT2D eigenvalue weighted by Gasteiger charge is -2.09. The molecule has 1 amide bonds. The number of benzene rings is 2. The Morgan fingerprint density at radius 3 is 2.38 bits per heavy atom. The molecule has 0 bridgehead atoms. The highest BCUT2D eigenvalue weighted by molar-refractivity contribution is 6.04. The Labute approximate surface area is 140 Å². The highest BCUT2D eigenvalue weighted by atomic mass is 16.5. The van der Waals surface area contributed by atoms with E-state index in [1.165, 1.54) is 6.20 Å². The molecular formula is C19H17N3O2. The molecule has 0 unspecified atom stereocenters. The molecule has 0 aliphatic rings. The first kappa shape index (κ1) is 15.6. The molecule has 3 aromatic rings. The number of nitrogens with zero attached hydrogens (tertiary/aromatic N) is 1. The van der Waals surface area contributed by atoms with Gasteiger partial charge in [0.2, 0.25) is 0 Å². The maximum atomic E-state index is 12.4. The van der Waals surface area contributed by atoms with Gasteiger partial charge in [-0.2, -0.15) is 0 Å². The van der Waals surface area contributed by atoms with E-state index in [0.717, 1.165) is 17.1 Å². The molecule has 3 rings (SSSR count). The number of methoxy groups -OCH3 is 1. The summed E-state index contributed by atoms with van der Waals surface area (Å²) in [6.45, 7) is 0. The maximum Gasteiger partial charge on any atom is 0.257 e. The lowest BCUT2D eigenvalue weighted by Crippen LogP contribution is -2.12. The largest absolute Gasteiger partial charge is 0.497 e. The van der Waals surface area contributed by atoms with Crippen molar-refractivity contribution in [1.82, 2.24) is 4.98 Å². The molecule has 2 N–H and O–H groups in total. The summed E-state index contributed by atoms with van der Waals surface area (Å²) < 4.78 is 5.10. The minimum atomic E-state index is -0.218. The van der Waals surface area contributed by atoms with Crippen LogP contribution in [0.4, 0.5) is 17.1 Å². The van der Waals surface area contributed by atoms with Gasteiger partial charge < -0.3 is 15.4 Å². The van der Waals surface area contributed by atoms with Crippen molar-refractivity contribution in [3.05, 3.63) is 78.6 Å². The van der Waals surface area contributed by atoms with Crippen LogP contribution in [0.25, 0.3) is 0 Å². The van der Waals surface area contributed by atoms with Gasteiger partial charge >= 0.3 is 0 Å². The van der Waals surface area contributed by atoms with Gasteiger partial charge in [-0.3, -0.25) is 9.78 Å². The van der Waals surface area contributed by atoms with E-state index in [1.54, 1.807) is 43.6 Å². The van der Waals surface area contributed by atoms with Crippen LogP contribution >= 0.6 is 0 Å². The van der Waals surface area contributed by atoms with E-state index in [2.05, 4.69) is 15.6 Å². The molecule has 0 fully saturated rings. The first-order valence-electron chi connectivity index (χ1n) is 7.47. The van der Waals surface area contributed by atoms with Crippen LogP contribution in [0.2, 0.25) is 0 Å². The summed E-state index contributed by atoms with van der Waals surface area (Å²) in [6, 6.07) is 18.6. The van der Waals surface area contributed by atoms with Gasteiger partial charge in [0.15, 0.2) is 0 Å². The van der Waals surface area contributed by atoms with Crippen molar-refractivity contribution in [3.63, 3.8) is 0 Å². The van der Waals surface area contributed by atoms with Crippen molar-refractivity contribution in [2.24, 2.45) is 0 Å². The van der Waals surface area contributed by atoms with Crippen molar-refractivity contribution in [1.29, 1.82) is 0 Å². The van der Waals surface area contributed by atoms with E-state index in [9.17, 15) is 4.79 Å². The topological polar surface area (TPSA) is 63.2 Å². The second-order valence-electron chi connectivity index (χ2n) is 5.14. The number of carbonyl (C=O) groups excluding carboxylic acids is 1. The Morgan fingerprint density at radius 2 is 1.67 bits per heavy atom. The summed E-state index contributed by atoms with van der Waals surface area (Å²) in [5, 5.41) is 6.06. The lowest BCUT2D eigenvalue weighted by molar-refractivity contribution is 0.102. The Hall–Kier alpha value is -3.34. The van der Waals surface area contributed by atoms with Crippen molar-refractivity contribution < 1.29 is 9.53 Å². The third-order valence-corrected chi connectivity index (χ3v) is 3.41. The maximum absolute atomic E-state index is 12.4. The summed E-state index contributed by atoms with van der Waals surface area (Å²) >= 11 is 0.